The molecule has 0 spiro atoms. The molecule has 1 amide bonds. The van der Waals surface area contributed by atoms with E-state index in [2.05, 4.69) is 15.9 Å². The van der Waals surface area contributed by atoms with Crippen molar-refractivity contribution in [2.75, 3.05) is 11.9 Å². The highest BCUT2D eigenvalue weighted by Gasteiger charge is 2.61. The summed E-state index contributed by atoms with van der Waals surface area (Å²) in [6.45, 7) is 3.32. The molecule has 1 saturated carbocycles. The smallest absolute Gasteiger partial charge is 0.258 e. The number of rotatable bonds is 3. The fourth-order valence-corrected chi connectivity index (χ4v) is 5.05. The predicted octanol–water partition coefficient (Wildman–Crippen LogP) is 1.89. The van der Waals surface area contributed by atoms with Gasteiger partial charge in [0.05, 0.1) is 0 Å². The average Bonchev–Trinajstić information content (AvgIpc) is 2.74. The molecule has 1 aliphatic heterocycles. The molecule has 2 aliphatic rings. The first-order chi connectivity index (χ1) is 7.77. The van der Waals surface area contributed by atoms with Gasteiger partial charge in [0.2, 0.25) is 0 Å². The molecular weight excluding hydrogens is 306 g/mol. The molecule has 2 fully saturated rings. The lowest BCUT2D eigenvalue weighted by Crippen LogP contribution is -2.68. The Bertz CT molecular complexity index is 438. The number of alkyl halides is 1. The van der Waals surface area contributed by atoms with Gasteiger partial charge >= 0.3 is 0 Å². The summed E-state index contributed by atoms with van der Waals surface area (Å²) in [5.74, 6) is -0.260. The molecule has 1 saturated heterocycles. The average molecular weight is 324 g/mol. The summed E-state index contributed by atoms with van der Waals surface area (Å²) in [5.41, 5.74) is -0.0424. The Morgan fingerprint density at radius 3 is 2.24 bits per heavy atom. The van der Waals surface area contributed by atoms with Gasteiger partial charge in [-0.3, -0.25) is 4.79 Å². The van der Waals surface area contributed by atoms with Gasteiger partial charge in [0.15, 0.2) is 4.75 Å². The first-order valence-corrected chi connectivity index (χ1v) is 8.46. The second kappa shape index (κ2) is 3.95. The highest BCUT2D eigenvalue weighted by molar-refractivity contribution is 9.09. The Kier molecular flexibility index (Phi) is 3.10. The van der Waals surface area contributed by atoms with E-state index in [4.69, 9.17) is 0 Å². The number of sulfonamides is 1. The van der Waals surface area contributed by atoms with Gasteiger partial charge in [0.1, 0.15) is 0 Å². The summed E-state index contributed by atoms with van der Waals surface area (Å²) in [5, 5.41) is 0.764. The zero-order valence-corrected chi connectivity index (χ0v) is 12.6. The summed E-state index contributed by atoms with van der Waals surface area (Å²) in [4.78, 5) is 11.9. The highest BCUT2D eigenvalue weighted by Crippen LogP contribution is 2.44. The molecule has 4 nitrogen and oxygen atoms in total. The maximum Gasteiger partial charge on any atom is 0.258 e. The van der Waals surface area contributed by atoms with E-state index in [1.165, 1.54) is 13.8 Å². The third kappa shape index (κ3) is 1.75. The van der Waals surface area contributed by atoms with Gasteiger partial charge in [0.25, 0.3) is 15.9 Å². The normalized spacial score (nSPS) is 29.1. The molecule has 98 valence electrons. The molecule has 6 heteroatoms. The molecule has 0 aromatic rings. The van der Waals surface area contributed by atoms with Crippen LogP contribution in [0.4, 0.5) is 0 Å². The van der Waals surface area contributed by atoms with Crippen LogP contribution in [0.3, 0.4) is 0 Å². The van der Waals surface area contributed by atoms with E-state index in [1.807, 2.05) is 0 Å². The van der Waals surface area contributed by atoms with Crippen LogP contribution in [0.2, 0.25) is 0 Å². The lowest BCUT2D eigenvalue weighted by molar-refractivity contribution is -0.133. The highest BCUT2D eigenvalue weighted by atomic mass is 79.9. The maximum atomic E-state index is 12.0. The van der Waals surface area contributed by atoms with Crippen molar-refractivity contribution in [3.63, 3.8) is 0 Å². The van der Waals surface area contributed by atoms with Crippen molar-refractivity contribution in [1.82, 2.24) is 4.31 Å². The first-order valence-electron chi connectivity index (χ1n) is 5.90. The Balaban J connectivity index is 2.19. The Morgan fingerprint density at radius 2 is 1.82 bits per heavy atom. The number of amides is 1. The van der Waals surface area contributed by atoms with E-state index >= 15 is 0 Å². The molecule has 1 heterocycles. The number of halogens is 1. The molecular formula is C11H18BrNO3S. The minimum absolute atomic E-state index is 0.0424. The van der Waals surface area contributed by atoms with Gasteiger partial charge in [-0.25, -0.2) is 12.7 Å². The van der Waals surface area contributed by atoms with E-state index in [0.717, 1.165) is 35.3 Å². The second-order valence-corrected chi connectivity index (χ2v) is 8.64. The molecule has 17 heavy (non-hydrogen) atoms. The lowest BCUT2D eigenvalue weighted by Gasteiger charge is -2.46. The van der Waals surface area contributed by atoms with Crippen molar-refractivity contribution >= 4 is 31.9 Å². The van der Waals surface area contributed by atoms with Gasteiger partial charge in [-0.15, -0.1) is 0 Å². The van der Waals surface area contributed by atoms with Gasteiger partial charge in [-0.2, -0.15) is 0 Å². The van der Waals surface area contributed by atoms with Crippen molar-refractivity contribution in [1.29, 1.82) is 0 Å². The Labute approximate surface area is 111 Å². The standard InChI is InChI=1S/C11H18BrNO3S/c1-10(2)9(14)13(17(10,15)16)8-11(7-12)5-3-4-6-11/h3-8H2,1-2H3. The third-order valence-electron chi connectivity index (χ3n) is 4.10. The summed E-state index contributed by atoms with van der Waals surface area (Å²) in [6, 6.07) is 0. The minimum Gasteiger partial charge on any atom is -0.272 e. The molecule has 0 aromatic heterocycles. The lowest BCUT2D eigenvalue weighted by atomic mass is 9.88. The van der Waals surface area contributed by atoms with Gasteiger partial charge in [0, 0.05) is 11.9 Å². The Morgan fingerprint density at radius 1 is 1.29 bits per heavy atom. The number of hydrogen-bond donors (Lipinski definition) is 0. The number of carbonyl (C=O) groups excluding carboxylic acids is 1. The topological polar surface area (TPSA) is 54.5 Å². The second-order valence-electron chi connectivity index (χ2n) is 5.67. The fourth-order valence-electron chi connectivity index (χ4n) is 2.68. The Hall–Kier alpha value is -0.100. The molecule has 0 radical (unpaired) electrons. The van der Waals surface area contributed by atoms with Gasteiger partial charge in [-0.05, 0) is 32.1 Å². The third-order valence-corrected chi connectivity index (χ3v) is 7.63. The van der Waals surface area contributed by atoms with Crippen LogP contribution in [0, 0.1) is 5.41 Å². The van der Waals surface area contributed by atoms with Crippen LogP contribution in [0.5, 0.6) is 0 Å². The molecule has 0 unspecified atom stereocenters. The van der Waals surface area contributed by atoms with Crippen LogP contribution < -0.4 is 0 Å². The van der Waals surface area contributed by atoms with Gasteiger partial charge in [-0.1, -0.05) is 28.8 Å². The number of hydrogen-bond acceptors (Lipinski definition) is 3. The zero-order chi connectivity index (χ0) is 12.9. The van der Waals surface area contributed by atoms with Crippen molar-refractivity contribution < 1.29 is 13.2 Å². The van der Waals surface area contributed by atoms with E-state index in [0.29, 0.717) is 6.54 Å². The maximum absolute atomic E-state index is 12.0. The quantitative estimate of drug-likeness (QED) is 0.745. The minimum atomic E-state index is -3.42. The molecule has 2 rings (SSSR count). The molecule has 0 aromatic carbocycles. The van der Waals surface area contributed by atoms with Crippen LogP contribution in [0.15, 0.2) is 0 Å². The van der Waals surface area contributed by atoms with Gasteiger partial charge < -0.3 is 0 Å². The fraction of sp³-hybridized carbons (Fsp3) is 0.909. The number of carbonyl (C=O) groups is 1. The molecule has 0 atom stereocenters. The van der Waals surface area contributed by atoms with Crippen molar-refractivity contribution in [3.8, 4) is 0 Å². The SMILES string of the molecule is CC1(C)C(=O)N(CC2(CBr)CCCC2)S1(=O)=O. The summed E-state index contributed by atoms with van der Waals surface area (Å²) < 4.78 is 23.9. The summed E-state index contributed by atoms with van der Waals surface area (Å²) >= 11 is 3.47. The van der Waals surface area contributed by atoms with Crippen molar-refractivity contribution in [3.05, 3.63) is 0 Å². The monoisotopic (exact) mass is 323 g/mol. The van der Waals surface area contributed by atoms with E-state index in [-0.39, 0.29) is 11.3 Å². The molecule has 0 bridgehead atoms. The van der Waals surface area contributed by atoms with E-state index < -0.39 is 14.8 Å². The van der Waals surface area contributed by atoms with Crippen LogP contribution in [0.1, 0.15) is 39.5 Å². The zero-order valence-electron chi connectivity index (χ0n) is 10.2. The number of nitrogens with zero attached hydrogens (tertiary/aromatic N) is 1. The molecule has 0 N–H and O–H groups in total. The van der Waals surface area contributed by atoms with E-state index in [9.17, 15) is 13.2 Å². The predicted molar refractivity (Wildman–Crippen MR) is 69.4 cm³/mol. The van der Waals surface area contributed by atoms with Crippen molar-refractivity contribution in [2.24, 2.45) is 5.41 Å². The van der Waals surface area contributed by atoms with Crippen LogP contribution in [-0.2, 0) is 14.8 Å². The summed E-state index contributed by atoms with van der Waals surface area (Å²) in [6.07, 6.45) is 4.24. The van der Waals surface area contributed by atoms with Crippen LogP contribution in [0.25, 0.3) is 0 Å². The summed E-state index contributed by atoms with van der Waals surface area (Å²) in [7, 11) is -3.42. The van der Waals surface area contributed by atoms with E-state index in [1.54, 1.807) is 0 Å². The van der Waals surface area contributed by atoms with Crippen LogP contribution in [-0.4, -0.2) is 35.3 Å². The van der Waals surface area contributed by atoms with Crippen LogP contribution >= 0.6 is 15.9 Å². The largest absolute Gasteiger partial charge is 0.272 e. The van der Waals surface area contributed by atoms with Crippen molar-refractivity contribution in [2.45, 2.75) is 44.3 Å². The first kappa shape index (κ1) is 13.3. The molecule has 1 aliphatic carbocycles.